The molecule has 14 heavy (non-hydrogen) atoms. The van der Waals surface area contributed by atoms with Gasteiger partial charge in [-0.25, -0.2) is 8.78 Å². The van der Waals surface area contributed by atoms with Gasteiger partial charge in [-0.2, -0.15) is 0 Å². The van der Waals surface area contributed by atoms with E-state index in [9.17, 15) is 8.78 Å². The van der Waals surface area contributed by atoms with Gasteiger partial charge in [0.1, 0.15) is 6.61 Å². The Hall–Kier alpha value is -0.260. The summed E-state index contributed by atoms with van der Waals surface area (Å²) in [6.07, 6.45) is -0.299. The molecule has 0 aliphatic rings. The molecular formula is C9H19F2NO2. The minimum Gasteiger partial charge on any atom is -0.382 e. The maximum atomic E-state index is 13.0. The summed E-state index contributed by atoms with van der Waals surface area (Å²) in [6, 6.07) is 0. The summed E-state index contributed by atoms with van der Waals surface area (Å²) in [7, 11) is 1.51. The van der Waals surface area contributed by atoms with E-state index < -0.39 is 12.5 Å². The Kier molecular flexibility index (Phi) is 6.96. The molecule has 0 saturated carbocycles. The first-order valence-corrected chi connectivity index (χ1v) is 4.71. The summed E-state index contributed by atoms with van der Waals surface area (Å²) in [5.74, 6) is -2.81. The first-order chi connectivity index (χ1) is 6.52. The number of hydrogen-bond acceptors (Lipinski definition) is 3. The molecule has 0 aromatic rings. The Morgan fingerprint density at radius 3 is 2.57 bits per heavy atom. The standard InChI is InChI=1S/C9H19F2NO2/c1-4-12-6-9(10,11)7-14-8(2)5-13-3/h8,12H,4-7H2,1-3H3. The lowest BCUT2D eigenvalue weighted by Gasteiger charge is -2.19. The second-order valence-corrected chi connectivity index (χ2v) is 3.21. The molecule has 0 saturated heterocycles. The van der Waals surface area contributed by atoms with Crippen molar-refractivity contribution < 1.29 is 18.3 Å². The minimum atomic E-state index is -2.81. The molecule has 0 aromatic heterocycles. The van der Waals surface area contributed by atoms with Crippen molar-refractivity contribution in [3.8, 4) is 0 Å². The first kappa shape index (κ1) is 13.7. The normalized spacial score (nSPS) is 14.4. The van der Waals surface area contributed by atoms with Crippen molar-refractivity contribution in [1.29, 1.82) is 0 Å². The second-order valence-electron chi connectivity index (χ2n) is 3.21. The Morgan fingerprint density at radius 2 is 2.07 bits per heavy atom. The van der Waals surface area contributed by atoms with Crippen LogP contribution < -0.4 is 5.32 Å². The van der Waals surface area contributed by atoms with Gasteiger partial charge in [-0.15, -0.1) is 0 Å². The quantitative estimate of drug-likeness (QED) is 0.656. The van der Waals surface area contributed by atoms with Crippen LogP contribution in [0.2, 0.25) is 0 Å². The highest BCUT2D eigenvalue weighted by molar-refractivity contribution is 4.68. The number of hydrogen-bond donors (Lipinski definition) is 1. The molecule has 1 atom stereocenters. The highest BCUT2D eigenvalue weighted by atomic mass is 19.3. The molecule has 3 nitrogen and oxygen atoms in total. The van der Waals surface area contributed by atoms with E-state index in [1.807, 2.05) is 0 Å². The molecular weight excluding hydrogens is 192 g/mol. The number of nitrogens with one attached hydrogen (secondary N) is 1. The molecule has 0 bridgehead atoms. The summed E-state index contributed by atoms with van der Waals surface area (Å²) in [5, 5.41) is 2.58. The Bertz CT molecular complexity index is 145. The third-order valence-corrected chi connectivity index (χ3v) is 1.61. The minimum absolute atomic E-state index is 0.299. The van der Waals surface area contributed by atoms with Crippen LogP contribution in [0.3, 0.4) is 0 Å². The second kappa shape index (κ2) is 7.09. The largest absolute Gasteiger partial charge is 0.382 e. The predicted molar refractivity (Wildman–Crippen MR) is 50.8 cm³/mol. The van der Waals surface area contributed by atoms with E-state index in [4.69, 9.17) is 9.47 Å². The highest BCUT2D eigenvalue weighted by Gasteiger charge is 2.29. The van der Waals surface area contributed by atoms with Crippen LogP contribution in [0.25, 0.3) is 0 Å². The lowest BCUT2D eigenvalue weighted by atomic mass is 10.3. The Labute approximate surface area is 83.8 Å². The van der Waals surface area contributed by atoms with Gasteiger partial charge in [-0.1, -0.05) is 6.92 Å². The molecule has 1 unspecified atom stereocenters. The van der Waals surface area contributed by atoms with Crippen molar-refractivity contribution in [3.63, 3.8) is 0 Å². The van der Waals surface area contributed by atoms with Crippen LogP contribution in [0.1, 0.15) is 13.8 Å². The SMILES string of the molecule is CCNCC(F)(F)COC(C)COC. The number of methoxy groups -OCH3 is 1. The average Bonchev–Trinajstić information content (AvgIpc) is 2.13. The van der Waals surface area contributed by atoms with Gasteiger partial charge < -0.3 is 14.8 Å². The van der Waals surface area contributed by atoms with Gasteiger partial charge in [0.15, 0.2) is 0 Å². The van der Waals surface area contributed by atoms with Crippen LogP contribution in [0.5, 0.6) is 0 Å². The molecule has 0 aromatic carbocycles. The number of rotatable bonds is 8. The van der Waals surface area contributed by atoms with Crippen molar-refractivity contribution in [2.75, 3.05) is 33.4 Å². The molecule has 0 radical (unpaired) electrons. The van der Waals surface area contributed by atoms with Gasteiger partial charge in [-0.3, -0.25) is 0 Å². The number of alkyl halides is 2. The molecule has 0 spiro atoms. The van der Waals surface area contributed by atoms with Crippen molar-refractivity contribution in [2.24, 2.45) is 0 Å². The summed E-state index contributed by atoms with van der Waals surface area (Å²) in [6.45, 7) is 3.44. The van der Waals surface area contributed by atoms with Gasteiger partial charge in [0.25, 0.3) is 5.92 Å². The highest BCUT2D eigenvalue weighted by Crippen LogP contribution is 2.13. The predicted octanol–water partition coefficient (Wildman–Crippen LogP) is 1.28. The van der Waals surface area contributed by atoms with E-state index in [2.05, 4.69) is 5.32 Å². The molecule has 0 aliphatic carbocycles. The van der Waals surface area contributed by atoms with Gasteiger partial charge in [0, 0.05) is 7.11 Å². The monoisotopic (exact) mass is 211 g/mol. The molecule has 86 valence electrons. The fraction of sp³-hybridized carbons (Fsp3) is 1.00. The zero-order valence-electron chi connectivity index (χ0n) is 8.98. The van der Waals surface area contributed by atoms with E-state index in [1.54, 1.807) is 13.8 Å². The maximum Gasteiger partial charge on any atom is 0.283 e. The molecule has 1 N–H and O–H groups in total. The maximum absolute atomic E-state index is 13.0. The number of ether oxygens (including phenoxy) is 2. The molecule has 0 fully saturated rings. The van der Waals surface area contributed by atoms with E-state index in [0.717, 1.165) is 0 Å². The lowest BCUT2D eigenvalue weighted by molar-refractivity contribution is -0.104. The van der Waals surface area contributed by atoms with Gasteiger partial charge in [0.2, 0.25) is 0 Å². The summed E-state index contributed by atoms with van der Waals surface area (Å²) in [4.78, 5) is 0. The summed E-state index contributed by atoms with van der Waals surface area (Å²) in [5.41, 5.74) is 0. The zero-order chi connectivity index (χ0) is 11.0. The zero-order valence-corrected chi connectivity index (χ0v) is 8.98. The van der Waals surface area contributed by atoms with E-state index in [1.165, 1.54) is 7.11 Å². The Balaban J connectivity index is 3.63. The van der Waals surface area contributed by atoms with Crippen molar-refractivity contribution in [3.05, 3.63) is 0 Å². The van der Waals surface area contributed by atoms with Crippen LogP contribution in [0.4, 0.5) is 8.78 Å². The van der Waals surface area contributed by atoms with E-state index in [0.29, 0.717) is 13.2 Å². The lowest BCUT2D eigenvalue weighted by Crippen LogP contribution is -2.38. The topological polar surface area (TPSA) is 30.5 Å². The molecule has 0 aliphatic heterocycles. The molecule has 0 rings (SSSR count). The average molecular weight is 211 g/mol. The van der Waals surface area contributed by atoms with Gasteiger partial charge in [0.05, 0.1) is 19.3 Å². The first-order valence-electron chi connectivity index (χ1n) is 4.71. The van der Waals surface area contributed by atoms with Crippen LogP contribution in [0, 0.1) is 0 Å². The van der Waals surface area contributed by atoms with Crippen molar-refractivity contribution in [1.82, 2.24) is 5.32 Å². The Morgan fingerprint density at radius 1 is 1.43 bits per heavy atom. The van der Waals surface area contributed by atoms with Crippen molar-refractivity contribution in [2.45, 2.75) is 25.9 Å². The fourth-order valence-electron chi connectivity index (χ4n) is 0.906. The summed E-state index contributed by atoms with van der Waals surface area (Å²) >= 11 is 0. The van der Waals surface area contributed by atoms with Gasteiger partial charge in [-0.05, 0) is 13.5 Å². The third kappa shape index (κ3) is 7.17. The smallest absolute Gasteiger partial charge is 0.283 e. The number of halogens is 2. The van der Waals surface area contributed by atoms with Crippen molar-refractivity contribution >= 4 is 0 Å². The third-order valence-electron chi connectivity index (χ3n) is 1.61. The van der Waals surface area contributed by atoms with Crippen LogP contribution in [-0.2, 0) is 9.47 Å². The van der Waals surface area contributed by atoms with E-state index >= 15 is 0 Å². The van der Waals surface area contributed by atoms with Gasteiger partial charge >= 0.3 is 0 Å². The molecule has 0 heterocycles. The molecule has 5 heteroatoms. The van der Waals surface area contributed by atoms with Crippen LogP contribution in [0.15, 0.2) is 0 Å². The van der Waals surface area contributed by atoms with E-state index in [-0.39, 0.29) is 12.6 Å². The van der Waals surface area contributed by atoms with Crippen LogP contribution >= 0.6 is 0 Å². The van der Waals surface area contributed by atoms with Crippen LogP contribution in [-0.4, -0.2) is 45.4 Å². The summed E-state index contributed by atoms with van der Waals surface area (Å²) < 4.78 is 35.7. The molecule has 0 amide bonds. The fourth-order valence-corrected chi connectivity index (χ4v) is 0.906.